The average molecular weight is 388 g/mol. The number of para-hydroxylation sites is 1. The van der Waals surface area contributed by atoms with Gasteiger partial charge in [0.05, 0.1) is 21.8 Å². The summed E-state index contributed by atoms with van der Waals surface area (Å²) >= 11 is 6.41. The molecule has 0 saturated carbocycles. The van der Waals surface area contributed by atoms with Crippen LogP contribution < -0.4 is 5.32 Å². The second-order valence-electron chi connectivity index (χ2n) is 6.62. The number of pyridine rings is 2. The first kappa shape index (κ1) is 18.1. The van der Waals surface area contributed by atoms with E-state index in [9.17, 15) is 4.79 Å². The van der Waals surface area contributed by atoms with E-state index in [4.69, 9.17) is 16.6 Å². The van der Waals surface area contributed by atoms with Crippen LogP contribution in [0.3, 0.4) is 0 Å². The van der Waals surface area contributed by atoms with Crippen LogP contribution in [-0.4, -0.2) is 15.9 Å². The van der Waals surface area contributed by atoms with Gasteiger partial charge in [0.15, 0.2) is 0 Å². The van der Waals surface area contributed by atoms with E-state index in [1.54, 1.807) is 12.1 Å². The topological polar surface area (TPSA) is 54.9 Å². The third kappa shape index (κ3) is 3.47. The molecule has 0 radical (unpaired) electrons. The summed E-state index contributed by atoms with van der Waals surface area (Å²) in [6, 6.07) is 20.7. The van der Waals surface area contributed by atoms with Gasteiger partial charge in [-0.1, -0.05) is 54.1 Å². The fourth-order valence-corrected chi connectivity index (χ4v) is 3.41. The molecular formula is C23H18ClN3O. The van der Waals surface area contributed by atoms with E-state index >= 15 is 0 Å². The van der Waals surface area contributed by atoms with Crippen molar-refractivity contribution in [1.29, 1.82) is 0 Å². The zero-order valence-electron chi connectivity index (χ0n) is 15.5. The summed E-state index contributed by atoms with van der Waals surface area (Å²) in [6.45, 7) is 3.90. The van der Waals surface area contributed by atoms with Gasteiger partial charge in [0.2, 0.25) is 0 Å². The molecule has 2 heterocycles. The Labute approximate surface area is 168 Å². The van der Waals surface area contributed by atoms with Crippen molar-refractivity contribution in [3.63, 3.8) is 0 Å². The molecule has 1 amide bonds. The van der Waals surface area contributed by atoms with E-state index < -0.39 is 0 Å². The summed E-state index contributed by atoms with van der Waals surface area (Å²) < 4.78 is 0. The van der Waals surface area contributed by atoms with Crippen molar-refractivity contribution in [3.8, 4) is 11.3 Å². The Kier molecular flexibility index (Phi) is 4.80. The van der Waals surface area contributed by atoms with Crippen molar-refractivity contribution < 1.29 is 4.79 Å². The molecule has 0 unspecified atom stereocenters. The van der Waals surface area contributed by atoms with E-state index in [0.29, 0.717) is 33.0 Å². The van der Waals surface area contributed by atoms with Crippen molar-refractivity contribution in [2.75, 3.05) is 5.32 Å². The summed E-state index contributed by atoms with van der Waals surface area (Å²) in [7, 11) is 0. The van der Waals surface area contributed by atoms with Crippen LogP contribution in [-0.2, 0) is 0 Å². The number of amides is 1. The normalized spacial score (nSPS) is 10.8. The van der Waals surface area contributed by atoms with Gasteiger partial charge in [-0.25, -0.2) is 9.97 Å². The van der Waals surface area contributed by atoms with Crippen LogP contribution in [0.15, 0.2) is 66.7 Å². The Morgan fingerprint density at radius 2 is 1.71 bits per heavy atom. The van der Waals surface area contributed by atoms with E-state index in [1.807, 2.05) is 68.4 Å². The highest BCUT2D eigenvalue weighted by Gasteiger charge is 2.17. The zero-order chi connectivity index (χ0) is 19.7. The van der Waals surface area contributed by atoms with E-state index in [0.717, 1.165) is 16.8 Å². The first-order valence-electron chi connectivity index (χ1n) is 8.93. The molecule has 0 aliphatic heterocycles. The van der Waals surface area contributed by atoms with Crippen LogP contribution in [0.4, 0.5) is 5.82 Å². The third-order valence-electron chi connectivity index (χ3n) is 4.59. The number of fused-ring (bicyclic) bond motifs is 1. The largest absolute Gasteiger partial charge is 0.307 e. The van der Waals surface area contributed by atoms with Crippen molar-refractivity contribution >= 4 is 34.2 Å². The number of hydrogen-bond donors (Lipinski definition) is 1. The molecule has 0 fully saturated rings. The molecular weight excluding hydrogens is 370 g/mol. The monoisotopic (exact) mass is 387 g/mol. The molecule has 5 heteroatoms. The molecule has 0 atom stereocenters. The van der Waals surface area contributed by atoms with Gasteiger partial charge in [-0.05, 0) is 43.7 Å². The minimum Gasteiger partial charge on any atom is -0.307 e. The Bertz CT molecular complexity index is 1200. The zero-order valence-corrected chi connectivity index (χ0v) is 16.3. The molecule has 28 heavy (non-hydrogen) atoms. The fraction of sp³-hybridized carbons (Fsp3) is 0.0870. The summed E-state index contributed by atoms with van der Waals surface area (Å²) in [6.07, 6.45) is 0. The fourth-order valence-electron chi connectivity index (χ4n) is 3.20. The van der Waals surface area contributed by atoms with Gasteiger partial charge in [-0.3, -0.25) is 4.79 Å². The van der Waals surface area contributed by atoms with Crippen LogP contribution in [0.2, 0.25) is 5.02 Å². The number of aryl methyl sites for hydroxylation is 2. The van der Waals surface area contributed by atoms with Gasteiger partial charge in [0.1, 0.15) is 5.82 Å². The van der Waals surface area contributed by atoms with Crippen molar-refractivity contribution in [2.24, 2.45) is 0 Å². The van der Waals surface area contributed by atoms with Crippen LogP contribution >= 0.6 is 11.6 Å². The third-order valence-corrected chi connectivity index (χ3v) is 4.89. The minimum absolute atomic E-state index is 0.248. The molecule has 4 aromatic rings. The van der Waals surface area contributed by atoms with E-state index in [2.05, 4.69) is 10.3 Å². The Hall–Kier alpha value is -3.24. The van der Waals surface area contributed by atoms with Gasteiger partial charge in [-0.2, -0.15) is 0 Å². The summed E-state index contributed by atoms with van der Waals surface area (Å²) in [5.41, 5.74) is 4.70. The predicted octanol–water partition coefficient (Wildman–Crippen LogP) is 5.82. The SMILES string of the molecule is Cc1cccc(NC(=O)c2cc(-c3ccccc3C)nc3c(Cl)cccc23)n1. The molecule has 0 spiro atoms. The van der Waals surface area contributed by atoms with Crippen LogP contribution in [0.25, 0.3) is 22.2 Å². The lowest BCUT2D eigenvalue weighted by atomic mass is 10.0. The molecule has 4 nitrogen and oxygen atoms in total. The molecule has 2 aromatic heterocycles. The number of halogens is 1. The lowest BCUT2D eigenvalue weighted by molar-refractivity contribution is 0.102. The number of anilines is 1. The maximum atomic E-state index is 13.1. The molecule has 0 saturated heterocycles. The number of nitrogens with zero attached hydrogens (tertiary/aromatic N) is 2. The van der Waals surface area contributed by atoms with Crippen molar-refractivity contribution in [3.05, 3.63) is 88.6 Å². The highest BCUT2D eigenvalue weighted by atomic mass is 35.5. The van der Waals surface area contributed by atoms with Gasteiger partial charge in [0.25, 0.3) is 5.91 Å². The van der Waals surface area contributed by atoms with Gasteiger partial charge < -0.3 is 5.32 Å². The molecule has 1 N–H and O–H groups in total. The second-order valence-corrected chi connectivity index (χ2v) is 7.03. The van der Waals surface area contributed by atoms with Crippen molar-refractivity contribution in [2.45, 2.75) is 13.8 Å². The number of carbonyl (C=O) groups is 1. The number of aromatic nitrogens is 2. The molecule has 0 aliphatic carbocycles. The summed E-state index contributed by atoms with van der Waals surface area (Å²) in [5, 5.41) is 4.10. The summed E-state index contributed by atoms with van der Waals surface area (Å²) in [4.78, 5) is 22.2. The van der Waals surface area contributed by atoms with Crippen LogP contribution in [0, 0.1) is 13.8 Å². The number of rotatable bonds is 3. The van der Waals surface area contributed by atoms with Crippen LogP contribution in [0.1, 0.15) is 21.6 Å². The predicted molar refractivity (Wildman–Crippen MR) is 114 cm³/mol. The Morgan fingerprint density at radius 1 is 0.929 bits per heavy atom. The Morgan fingerprint density at radius 3 is 2.50 bits per heavy atom. The highest BCUT2D eigenvalue weighted by Crippen LogP contribution is 2.30. The number of carbonyl (C=O) groups excluding carboxylic acids is 1. The first-order valence-corrected chi connectivity index (χ1v) is 9.31. The first-order chi connectivity index (χ1) is 13.5. The van der Waals surface area contributed by atoms with E-state index in [1.165, 1.54) is 0 Å². The maximum absolute atomic E-state index is 13.1. The number of nitrogens with one attached hydrogen (secondary N) is 1. The van der Waals surface area contributed by atoms with Gasteiger partial charge in [0, 0.05) is 16.6 Å². The minimum atomic E-state index is -0.248. The van der Waals surface area contributed by atoms with Crippen molar-refractivity contribution in [1.82, 2.24) is 9.97 Å². The lowest BCUT2D eigenvalue weighted by Crippen LogP contribution is -2.14. The van der Waals surface area contributed by atoms with Crippen LogP contribution in [0.5, 0.6) is 0 Å². The molecule has 138 valence electrons. The quantitative estimate of drug-likeness (QED) is 0.482. The lowest BCUT2D eigenvalue weighted by Gasteiger charge is -2.12. The summed E-state index contributed by atoms with van der Waals surface area (Å²) in [5.74, 6) is 0.261. The highest BCUT2D eigenvalue weighted by molar-refractivity contribution is 6.35. The molecule has 4 rings (SSSR count). The van der Waals surface area contributed by atoms with Gasteiger partial charge in [-0.15, -0.1) is 0 Å². The molecule has 2 aromatic carbocycles. The molecule has 0 aliphatic rings. The number of benzene rings is 2. The van der Waals surface area contributed by atoms with Gasteiger partial charge >= 0.3 is 0 Å². The maximum Gasteiger partial charge on any atom is 0.257 e. The van der Waals surface area contributed by atoms with E-state index in [-0.39, 0.29) is 5.91 Å². The molecule has 0 bridgehead atoms. The smallest absolute Gasteiger partial charge is 0.257 e. The standard InChI is InChI=1S/C23H18ClN3O/c1-14-7-3-4-9-16(14)20-13-18(17-10-6-11-19(24)22(17)26-20)23(28)27-21-12-5-8-15(2)25-21/h3-13H,1-2H3,(H,25,27,28). The number of hydrogen-bond acceptors (Lipinski definition) is 3. The second kappa shape index (κ2) is 7.41. The average Bonchev–Trinajstić information content (AvgIpc) is 2.68. The Balaban J connectivity index is 1.88.